The van der Waals surface area contributed by atoms with Gasteiger partial charge in [-0.15, -0.1) is 12.4 Å². The molecule has 2 N–H and O–H groups in total. The molecule has 0 aliphatic heterocycles. The lowest BCUT2D eigenvalue weighted by atomic mass is 10.1. The smallest absolute Gasteiger partial charge is 0.0946 e. The number of aromatic nitrogens is 2. The van der Waals surface area contributed by atoms with Gasteiger partial charge < -0.3 is 10.3 Å². The molecule has 0 fully saturated rings. The first-order valence-electron chi connectivity index (χ1n) is 4.56. The molecule has 0 saturated carbocycles. The Hall–Kier alpha value is -1.32. The largest absolute Gasteiger partial charge is 0.336 e. The van der Waals surface area contributed by atoms with Crippen molar-refractivity contribution >= 4 is 12.4 Å². The van der Waals surface area contributed by atoms with Gasteiger partial charge in [0.2, 0.25) is 0 Å². The first kappa shape index (κ1) is 11.8. The van der Waals surface area contributed by atoms with E-state index >= 15 is 0 Å². The summed E-state index contributed by atoms with van der Waals surface area (Å²) in [5, 5.41) is 0. The Morgan fingerprint density at radius 1 is 1.27 bits per heavy atom. The average molecular weight is 224 g/mol. The van der Waals surface area contributed by atoms with Gasteiger partial charge >= 0.3 is 0 Å². The van der Waals surface area contributed by atoms with Crippen molar-refractivity contribution in [3.8, 4) is 0 Å². The zero-order valence-corrected chi connectivity index (χ0v) is 9.32. The molecule has 4 heteroatoms. The Balaban J connectivity index is 0.00000112. The quantitative estimate of drug-likeness (QED) is 0.845. The van der Waals surface area contributed by atoms with Gasteiger partial charge in [0.15, 0.2) is 0 Å². The highest BCUT2D eigenvalue weighted by Gasteiger charge is 2.10. The van der Waals surface area contributed by atoms with Crippen molar-refractivity contribution in [3.63, 3.8) is 0 Å². The Morgan fingerprint density at radius 3 is 2.47 bits per heavy atom. The van der Waals surface area contributed by atoms with Crippen LogP contribution in [0.3, 0.4) is 0 Å². The van der Waals surface area contributed by atoms with Crippen molar-refractivity contribution in [2.75, 3.05) is 0 Å². The highest BCUT2D eigenvalue weighted by atomic mass is 35.5. The predicted octanol–water partition coefficient (Wildman–Crippen LogP) is 1.89. The highest BCUT2D eigenvalue weighted by molar-refractivity contribution is 5.85. The summed E-state index contributed by atoms with van der Waals surface area (Å²) < 4.78 is 1.94. The van der Waals surface area contributed by atoms with Crippen LogP contribution in [-0.4, -0.2) is 9.55 Å². The van der Waals surface area contributed by atoms with Crippen molar-refractivity contribution in [3.05, 3.63) is 54.1 Å². The number of aryl methyl sites for hydroxylation is 1. The monoisotopic (exact) mass is 223 g/mol. The summed E-state index contributed by atoms with van der Waals surface area (Å²) in [6.07, 6.45) is 3.57. The van der Waals surface area contributed by atoms with Crippen molar-refractivity contribution in [2.24, 2.45) is 12.8 Å². The van der Waals surface area contributed by atoms with E-state index in [2.05, 4.69) is 4.98 Å². The first-order chi connectivity index (χ1) is 6.79. The van der Waals surface area contributed by atoms with Crippen molar-refractivity contribution < 1.29 is 0 Å². The summed E-state index contributed by atoms with van der Waals surface area (Å²) in [6.45, 7) is 0. The van der Waals surface area contributed by atoms with Gasteiger partial charge in [0, 0.05) is 7.05 Å². The van der Waals surface area contributed by atoms with E-state index in [-0.39, 0.29) is 18.4 Å². The van der Waals surface area contributed by atoms with Crippen LogP contribution < -0.4 is 5.73 Å². The number of rotatable bonds is 2. The molecule has 1 aromatic carbocycles. The third-order valence-corrected chi connectivity index (χ3v) is 2.33. The van der Waals surface area contributed by atoms with E-state index in [1.54, 1.807) is 12.5 Å². The molecule has 1 unspecified atom stereocenters. The van der Waals surface area contributed by atoms with Gasteiger partial charge in [-0.05, 0) is 5.56 Å². The molecule has 1 atom stereocenters. The van der Waals surface area contributed by atoms with Crippen molar-refractivity contribution in [1.29, 1.82) is 0 Å². The van der Waals surface area contributed by atoms with Gasteiger partial charge in [0.25, 0.3) is 0 Å². The molecule has 0 spiro atoms. The number of imidazole rings is 1. The molecule has 1 aromatic heterocycles. The Bertz CT molecular complexity index is 411. The zero-order valence-electron chi connectivity index (χ0n) is 8.50. The minimum atomic E-state index is -0.0938. The molecule has 80 valence electrons. The fraction of sp³-hybridized carbons (Fsp3) is 0.182. The summed E-state index contributed by atoms with van der Waals surface area (Å²) in [7, 11) is 1.95. The number of hydrogen-bond acceptors (Lipinski definition) is 2. The summed E-state index contributed by atoms with van der Waals surface area (Å²) in [6, 6.07) is 9.93. The normalized spacial score (nSPS) is 11.9. The summed E-state index contributed by atoms with van der Waals surface area (Å²) in [5.41, 5.74) is 8.23. The summed E-state index contributed by atoms with van der Waals surface area (Å²) in [4.78, 5) is 4.05. The van der Waals surface area contributed by atoms with Crippen LogP contribution >= 0.6 is 12.4 Å². The Morgan fingerprint density at radius 2 is 1.93 bits per heavy atom. The molecular formula is C11H14ClN3. The van der Waals surface area contributed by atoms with Gasteiger partial charge in [-0.25, -0.2) is 4.98 Å². The molecule has 2 rings (SSSR count). The molecule has 3 nitrogen and oxygen atoms in total. The molecule has 0 saturated heterocycles. The molecular weight excluding hydrogens is 210 g/mol. The topological polar surface area (TPSA) is 43.8 Å². The lowest BCUT2D eigenvalue weighted by Gasteiger charge is -2.11. The second-order valence-corrected chi connectivity index (χ2v) is 3.32. The number of nitrogens with two attached hydrogens (primary N) is 1. The molecule has 1 heterocycles. The lowest BCUT2D eigenvalue weighted by Crippen LogP contribution is -2.14. The molecule has 0 amide bonds. The fourth-order valence-electron chi connectivity index (χ4n) is 1.50. The maximum Gasteiger partial charge on any atom is 0.0946 e. The molecule has 2 aromatic rings. The Kier molecular flexibility index (Phi) is 3.88. The average Bonchev–Trinajstić information content (AvgIpc) is 2.65. The second-order valence-electron chi connectivity index (χ2n) is 3.32. The third kappa shape index (κ3) is 2.37. The standard InChI is InChI=1S/C11H13N3.ClH/c1-14-8-13-7-10(14)11(12)9-5-3-2-4-6-9;/h2-8,11H,12H2,1H3;1H. The molecule has 0 bridgehead atoms. The van der Waals surface area contributed by atoms with Gasteiger partial charge in [0.05, 0.1) is 24.3 Å². The minimum Gasteiger partial charge on any atom is -0.336 e. The summed E-state index contributed by atoms with van der Waals surface area (Å²) >= 11 is 0. The maximum absolute atomic E-state index is 6.10. The van der Waals surface area contributed by atoms with Crippen LogP contribution in [0.1, 0.15) is 17.3 Å². The number of benzene rings is 1. The van der Waals surface area contributed by atoms with Crippen LogP contribution in [-0.2, 0) is 7.05 Å². The van der Waals surface area contributed by atoms with Gasteiger partial charge in [-0.3, -0.25) is 0 Å². The molecule has 0 radical (unpaired) electrons. The maximum atomic E-state index is 6.10. The molecule has 0 aliphatic carbocycles. The number of hydrogen-bond donors (Lipinski definition) is 1. The van der Waals surface area contributed by atoms with Gasteiger partial charge in [0.1, 0.15) is 0 Å². The van der Waals surface area contributed by atoms with Crippen molar-refractivity contribution in [2.45, 2.75) is 6.04 Å². The first-order valence-corrected chi connectivity index (χ1v) is 4.56. The predicted molar refractivity (Wildman–Crippen MR) is 62.9 cm³/mol. The third-order valence-electron chi connectivity index (χ3n) is 2.33. The van der Waals surface area contributed by atoms with Crippen LogP contribution in [0.15, 0.2) is 42.9 Å². The molecule has 0 aliphatic rings. The van der Waals surface area contributed by atoms with E-state index in [1.165, 1.54) is 0 Å². The van der Waals surface area contributed by atoms with E-state index < -0.39 is 0 Å². The van der Waals surface area contributed by atoms with Gasteiger partial charge in [-0.1, -0.05) is 30.3 Å². The second kappa shape index (κ2) is 4.96. The van der Waals surface area contributed by atoms with Crippen LogP contribution in [0.2, 0.25) is 0 Å². The van der Waals surface area contributed by atoms with E-state index in [4.69, 9.17) is 5.73 Å². The Labute approximate surface area is 95.4 Å². The van der Waals surface area contributed by atoms with E-state index in [1.807, 2.05) is 41.9 Å². The minimum absolute atomic E-state index is 0. The van der Waals surface area contributed by atoms with Crippen LogP contribution in [0.5, 0.6) is 0 Å². The van der Waals surface area contributed by atoms with Crippen molar-refractivity contribution in [1.82, 2.24) is 9.55 Å². The van der Waals surface area contributed by atoms with E-state index in [0.717, 1.165) is 11.3 Å². The lowest BCUT2D eigenvalue weighted by molar-refractivity contribution is 0.746. The number of halogens is 1. The molecule has 15 heavy (non-hydrogen) atoms. The van der Waals surface area contributed by atoms with Crippen LogP contribution in [0, 0.1) is 0 Å². The van der Waals surface area contributed by atoms with Gasteiger partial charge in [-0.2, -0.15) is 0 Å². The van der Waals surface area contributed by atoms with Crippen LogP contribution in [0.25, 0.3) is 0 Å². The van der Waals surface area contributed by atoms with Crippen LogP contribution in [0.4, 0.5) is 0 Å². The SMILES string of the molecule is Cl.Cn1cncc1C(N)c1ccccc1. The summed E-state index contributed by atoms with van der Waals surface area (Å²) in [5.74, 6) is 0. The highest BCUT2D eigenvalue weighted by Crippen LogP contribution is 2.17. The zero-order chi connectivity index (χ0) is 9.97. The number of nitrogens with zero attached hydrogens (tertiary/aromatic N) is 2. The van der Waals surface area contributed by atoms with E-state index in [9.17, 15) is 0 Å². The fourth-order valence-corrected chi connectivity index (χ4v) is 1.50. The van der Waals surface area contributed by atoms with E-state index in [0.29, 0.717) is 0 Å².